The minimum absolute atomic E-state index is 0. The van der Waals surface area contributed by atoms with Gasteiger partial charge in [0.1, 0.15) is 17.0 Å². The van der Waals surface area contributed by atoms with Gasteiger partial charge in [0.15, 0.2) is 5.78 Å². The van der Waals surface area contributed by atoms with Crippen LogP contribution in [0.15, 0.2) is 54.3 Å². The van der Waals surface area contributed by atoms with E-state index >= 15 is 0 Å². The van der Waals surface area contributed by atoms with Crippen molar-refractivity contribution in [3.05, 3.63) is 65.9 Å². The molecule has 0 aliphatic carbocycles. The maximum Gasteiger partial charge on any atom is 0.155 e. The van der Waals surface area contributed by atoms with E-state index in [2.05, 4.69) is 19.1 Å². The third-order valence-electron chi connectivity index (χ3n) is 3.92. The molecule has 1 radical (unpaired) electrons. The van der Waals surface area contributed by atoms with Gasteiger partial charge in [-0.1, -0.05) is 6.07 Å². The Balaban J connectivity index is 0.000000456. The normalized spacial score (nSPS) is 10.4. The smallest absolute Gasteiger partial charge is 0.155 e. The Hall–Kier alpha value is -2.69. The third kappa shape index (κ3) is 6.41. The van der Waals surface area contributed by atoms with Crippen LogP contribution in [0.1, 0.15) is 19.4 Å². The molecule has 0 saturated carbocycles. The number of aromatic nitrogens is 1. The van der Waals surface area contributed by atoms with Crippen LogP contribution in [-0.4, -0.2) is 30.1 Å². The first-order valence-electron chi connectivity index (χ1n) is 8.74. The molecule has 1 aromatic heterocycles. The molecule has 0 bridgehead atoms. The van der Waals surface area contributed by atoms with Gasteiger partial charge in [-0.25, -0.2) is 0 Å². The van der Waals surface area contributed by atoms with Crippen LogP contribution in [-0.2, 0) is 24.9 Å². The number of allylic oxidation sites excluding steroid dienone is 2. The van der Waals surface area contributed by atoms with Crippen LogP contribution in [0.25, 0.3) is 22.2 Å². The van der Waals surface area contributed by atoms with Gasteiger partial charge in [0.2, 0.25) is 0 Å². The molecule has 3 rings (SSSR count). The van der Waals surface area contributed by atoms with Crippen molar-refractivity contribution in [3.8, 4) is 22.8 Å². The molecule has 29 heavy (non-hydrogen) atoms. The molecule has 0 unspecified atom stereocenters. The number of aliphatic hydroxyl groups excluding tert-OH is 1. The van der Waals surface area contributed by atoms with Crippen molar-refractivity contribution >= 4 is 16.7 Å². The van der Waals surface area contributed by atoms with E-state index in [1.807, 2.05) is 36.4 Å². The van der Waals surface area contributed by atoms with Crippen molar-refractivity contribution in [1.82, 2.24) is 4.98 Å². The first kappa shape index (κ1) is 24.3. The van der Waals surface area contributed by atoms with Crippen LogP contribution in [0.3, 0.4) is 0 Å². The fourth-order valence-corrected chi connectivity index (χ4v) is 2.80. The van der Waals surface area contributed by atoms with Gasteiger partial charge in [-0.2, -0.15) is 0 Å². The van der Waals surface area contributed by atoms with Gasteiger partial charge >= 0.3 is 0 Å². The summed E-state index contributed by atoms with van der Waals surface area (Å²) in [4.78, 5) is 14.8. The van der Waals surface area contributed by atoms with Crippen LogP contribution in [0.4, 0.5) is 0 Å². The summed E-state index contributed by atoms with van der Waals surface area (Å²) < 4.78 is 10.9. The number of hydrogen-bond acceptors (Lipinski definition) is 5. The summed E-state index contributed by atoms with van der Waals surface area (Å²) >= 11 is 0. The Morgan fingerprint density at radius 2 is 1.76 bits per heavy atom. The second-order valence-corrected chi connectivity index (χ2v) is 6.19. The van der Waals surface area contributed by atoms with Gasteiger partial charge in [0.05, 0.1) is 20.0 Å². The molecule has 1 heterocycles. The molecule has 155 valence electrons. The quantitative estimate of drug-likeness (QED) is 0.270. The second-order valence-electron chi connectivity index (χ2n) is 6.19. The number of aryl methyl sites for hydroxylation is 1. The van der Waals surface area contributed by atoms with Crippen LogP contribution in [0.2, 0.25) is 0 Å². The van der Waals surface area contributed by atoms with Crippen LogP contribution in [0, 0.1) is 13.0 Å². The summed E-state index contributed by atoms with van der Waals surface area (Å²) in [6.07, 6.45) is 1.17. The summed E-state index contributed by atoms with van der Waals surface area (Å²) in [5.74, 6) is 1.48. The largest absolute Gasteiger partial charge is 0.512 e. The third-order valence-corrected chi connectivity index (χ3v) is 3.92. The number of ketones is 1. The fraction of sp³-hybridized carbons (Fsp3) is 0.217. The van der Waals surface area contributed by atoms with Crippen molar-refractivity contribution in [3.63, 3.8) is 0 Å². The topological polar surface area (TPSA) is 68.7 Å². The van der Waals surface area contributed by atoms with E-state index in [1.165, 1.54) is 19.9 Å². The summed E-state index contributed by atoms with van der Waals surface area (Å²) in [7, 11) is 3.32. The Labute approximate surface area is 184 Å². The zero-order chi connectivity index (χ0) is 20.7. The first-order valence-corrected chi connectivity index (χ1v) is 8.74. The number of carbonyl (C=O) groups excluding carboxylic acids is 1. The average molecular weight is 571 g/mol. The molecule has 5 nitrogen and oxygen atoms in total. The van der Waals surface area contributed by atoms with E-state index < -0.39 is 0 Å². The van der Waals surface area contributed by atoms with E-state index in [1.54, 1.807) is 14.2 Å². The maximum absolute atomic E-state index is 10.0. The van der Waals surface area contributed by atoms with Gasteiger partial charge in [0.25, 0.3) is 0 Å². The molecular formula is C23H24IrNO4-. The van der Waals surface area contributed by atoms with Crippen LogP contribution >= 0.6 is 0 Å². The molecule has 3 aromatic rings. The van der Waals surface area contributed by atoms with Gasteiger partial charge in [-0.15, -0.1) is 35.9 Å². The number of aliphatic hydroxyl groups is 1. The number of nitrogens with zero attached hydrogens (tertiary/aromatic N) is 1. The SMILES string of the molecule is CC(=O)/C=C(/C)O.COc1ccc(OC)c2c(C)cc(-c3[c-]cccc3)nc12.[Ir]. The van der Waals surface area contributed by atoms with Crippen molar-refractivity contribution in [2.24, 2.45) is 0 Å². The summed E-state index contributed by atoms with van der Waals surface area (Å²) in [5, 5.41) is 9.35. The minimum Gasteiger partial charge on any atom is -0.512 e. The Bertz CT molecular complexity index is 997. The van der Waals surface area contributed by atoms with Gasteiger partial charge < -0.3 is 14.6 Å². The number of pyridine rings is 1. The first-order chi connectivity index (χ1) is 13.4. The van der Waals surface area contributed by atoms with E-state index in [0.29, 0.717) is 0 Å². The van der Waals surface area contributed by atoms with Crippen molar-refractivity contribution in [2.75, 3.05) is 14.2 Å². The van der Waals surface area contributed by atoms with Crippen LogP contribution in [0.5, 0.6) is 11.5 Å². The molecule has 0 aliphatic heterocycles. The molecular weight excluding hydrogens is 546 g/mol. The van der Waals surface area contributed by atoms with E-state index in [-0.39, 0.29) is 31.6 Å². The van der Waals surface area contributed by atoms with Crippen molar-refractivity contribution in [2.45, 2.75) is 20.8 Å². The van der Waals surface area contributed by atoms with Gasteiger partial charge in [0, 0.05) is 31.6 Å². The predicted octanol–water partition coefficient (Wildman–Crippen LogP) is 5.06. The number of rotatable bonds is 4. The monoisotopic (exact) mass is 571 g/mol. The molecule has 0 aliphatic rings. The van der Waals surface area contributed by atoms with E-state index in [9.17, 15) is 4.79 Å². The molecule has 0 saturated heterocycles. The second kappa shape index (κ2) is 11.3. The maximum atomic E-state index is 10.0. The minimum atomic E-state index is -0.125. The standard InChI is InChI=1S/C18H16NO2.C5H8O2.Ir/c1-12-11-14(13-7-5-4-6-8-13)19-18-16(21-3)10-9-15(20-2)17(12)18;1-4(6)3-5(2)7;/h4-7,9-11H,1-3H3;3,6H,1-2H3;/q-1;;/b;4-3-;. The summed E-state index contributed by atoms with van der Waals surface area (Å²) in [6, 6.07) is 16.9. The van der Waals surface area contributed by atoms with Crippen molar-refractivity contribution < 1.29 is 39.5 Å². The fourth-order valence-electron chi connectivity index (χ4n) is 2.80. The molecule has 0 spiro atoms. The van der Waals surface area contributed by atoms with Crippen molar-refractivity contribution in [1.29, 1.82) is 0 Å². The zero-order valence-corrected chi connectivity index (χ0v) is 19.5. The summed E-state index contributed by atoms with van der Waals surface area (Å²) in [6.45, 7) is 4.90. The van der Waals surface area contributed by atoms with Crippen LogP contribution < -0.4 is 9.47 Å². The van der Waals surface area contributed by atoms with E-state index in [0.717, 1.165) is 39.2 Å². The van der Waals surface area contributed by atoms with E-state index in [4.69, 9.17) is 19.6 Å². The molecule has 1 N–H and O–H groups in total. The number of ether oxygens (including phenoxy) is 2. The summed E-state index contributed by atoms with van der Waals surface area (Å²) in [5.41, 5.74) is 3.76. The number of carbonyl (C=O) groups is 1. The number of fused-ring (bicyclic) bond motifs is 1. The Morgan fingerprint density at radius 1 is 1.10 bits per heavy atom. The molecule has 0 atom stereocenters. The average Bonchev–Trinajstić information content (AvgIpc) is 2.67. The predicted molar refractivity (Wildman–Crippen MR) is 111 cm³/mol. The Kier molecular flexibility index (Phi) is 9.52. The molecule has 0 amide bonds. The Morgan fingerprint density at radius 3 is 2.24 bits per heavy atom. The van der Waals surface area contributed by atoms with Gasteiger partial charge in [-0.05, 0) is 44.2 Å². The zero-order valence-electron chi connectivity index (χ0n) is 17.1. The molecule has 6 heteroatoms. The number of methoxy groups -OCH3 is 2. The number of hydrogen-bond donors (Lipinski definition) is 1. The molecule has 2 aromatic carbocycles. The van der Waals surface area contributed by atoms with Gasteiger partial charge in [-0.3, -0.25) is 9.78 Å². The number of benzene rings is 2. The molecule has 0 fully saturated rings.